The van der Waals surface area contributed by atoms with Gasteiger partial charge in [-0.05, 0) is 51.2 Å². The molecule has 3 fully saturated rings. The molecule has 0 aliphatic carbocycles. The van der Waals surface area contributed by atoms with Gasteiger partial charge < -0.3 is 24.4 Å². The first kappa shape index (κ1) is 26.8. The molecule has 1 spiro atoms. The highest BCUT2D eigenvalue weighted by Crippen LogP contribution is 2.60. The number of para-hydroxylation sites is 1. The first-order chi connectivity index (χ1) is 17.2. The van der Waals surface area contributed by atoms with Gasteiger partial charge in [0, 0.05) is 30.2 Å². The highest BCUT2D eigenvalue weighted by atomic mass is 79.9. The average Bonchev–Trinajstić information content (AvgIpc) is 3.42. The number of aliphatic hydroxyl groups excluding tert-OH is 1. The van der Waals surface area contributed by atoms with Crippen molar-refractivity contribution in [1.29, 1.82) is 0 Å². The molecule has 0 saturated carbocycles. The molecule has 1 unspecified atom stereocenters. The highest BCUT2D eigenvalue weighted by Gasteiger charge is 2.77. The molecule has 4 rings (SSSR count). The summed E-state index contributed by atoms with van der Waals surface area (Å²) >= 11 is 3.67. The van der Waals surface area contributed by atoms with Gasteiger partial charge in [-0.15, -0.1) is 6.58 Å². The highest BCUT2D eigenvalue weighted by molar-refractivity contribution is 9.09. The van der Waals surface area contributed by atoms with E-state index in [1.165, 1.54) is 0 Å². The molecule has 2 bridgehead atoms. The average molecular weight is 563 g/mol. The third-order valence-electron chi connectivity index (χ3n) is 7.68. The number of alkyl halides is 1. The maximum absolute atomic E-state index is 14.5. The molecule has 1 N–H and O–H groups in total. The third kappa shape index (κ3) is 4.19. The van der Waals surface area contributed by atoms with Crippen LogP contribution in [0, 0.1) is 25.7 Å². The predicted octanol–water partition coefficient (Wildman–Crippen LogP) is 2.91. The molecule has 3 saturated heterocycles. The summed E-state index contributed by atoms with van der Waals surface area (Å²) < 4.78 is 11.9. The summed E-state index contributed by atoms with van der Waals surface area (Å²) in [4.78, 5) is 44.5. The zero-order valence-electron chi connectivity index (χ0n) is 21.1. The molecule has 9 heteroatoms. The van der Waals surface area contributed by atoms with Crippen LogP contribution in [0.15, 0.2) is 30.9 Å². The Kier molecular flexibility index (Phi) is 7.92. The number of likely N-dealkylation sites (tertiary alicyclic amines) is 1. The van der Waals surface area contributed by atoms with Crippen LogP contribution < -0.4 is 4.90 Å². The van der Waals surface area contributed by atoms with E-state index in [0.717, 1.165) is 16.8 Å². The minimum absolute atomic E-state index is 0.00624. The molecule has 2 amide bonds. The van der Waals surface area contributed by atoms with Gasteiger partial charge in [0.2, 0.25) is 5.91 Å². The summed E-state index contributed by atoms with van der Waals surface area (Å²) in [6, 6.07) is 4.95. The van der Waals surface area contributed by atoms with E-state index in [0.29, 0.717) is 25.8 Å². The summed E-state index contributed by atoms with van der Waals surface area (Å²) in [5.41, 5.74) is 1.53. The number of unbranched alkanes of at least 4 members (excludes halogenated alkanes) is 1. The Balaban J connectivity index is 1.81. The molecular weight excluding hydrogens is 528 g/mol. The quantitative estimate of drug-likeness (QED) is 0.204. The van der Waals surface area contributed by atoms with Crippen LogP contribution in [-0.2, 0) is 23.9 Å². The van der Waals surface area contributed by atoms with Gasteiger partial charge in [0.15, 0.2) is 0 Å². The molecule has 8 nitrogen and oxygen atoms in total. The van der Waals surface area contributed by atoms with Crippen LogP contribution in [0.25, 0.3) is 0 Å². The molecule has 1 aromatic rings. The van der Waals surface area contributed by atoms with Crippen molar-refractivity contribution in [3.8, 4) is 0 Å². The first-order valence-electron chi connectivity index (χ1n) is 12.6. The lowest BCUT2D eigenvalue weighted by Crippen LogP contribution is -2.57. The van der Waals surface area contributed by atoms with E-state index in [1.807, 2.05) is 32.0 Å². The number of hydrogen-bond acceptors (Lipinski definition) is 6. The molecule has 36 heavy (non-hydrogen) atoms. The van der Waals surface area contributed by atoms with Crippen LogP contribution in [0.1, 0.15) is 37.3 Å². The number of fused-ring (bicyclic) bond motifs is 1. The number of nitrogens with zero attached hydrogens (tertiary/aromatic N) is 2. The van der Waals surface area contributed by atoms with E-state index in [2.05, 4.69) is 22.5 Å². The normalized spacial score (nSPS) is 30.4. The standard InChI is InChI=1S/C27H35BrN2O6/c1-5-12-29(21-16(3)10-9-11-17(21)4)25(33)23-27-15-18(28)22(36-27)19(26(34)35-6-2)20(27)24(32)30(23)13-7-8-14-31/h5,9-11,18-20,22-23,31H,1,6-8,12-15H2,2-4H3/t18?,19-,20+,22-,23-,27+/m1/s1. The number of hydrogen-bond donors (Lipinski definition) is 1. The Morgan fingerprint density at radius 2 is 2.03 bits per heavy atom. The Morgan fingerprint density at radius 1 is 1.33 bits per heavy atom. The van der Waals surface area contributed by atoms with Gasteiger partial charge >= 0.3 is 5.97 Å². The fourth-order valence-corrected chi connectivity index (χ4v) is 7.29. The van der Waals surface area contributed by atoms with Gasteiger partial charge in [-0.2, -0.15) is 0 Å². The number of rotatable bonds is 10. The smallest absolute Gasteiger partial charge is 0.312 e. The number of amides is 2. The van der Waals surface area contributed by atoms with Crippen molar-refractivity contribution in [3.63, 3.8) is 0 Å². The maximum Gasteiger partial charge on any atom is 0.312 e. The number of aryl methyl sites for hydroxylation is 2. The zero-order chi connectivity index (χ0) is 26.2. The minimum atomic E-state index is -1.14. The first-order valence-corrected chi connectivity index (χ1v) is 13.5. The second-order valence-electron chi connectivity index (χ2n) is 9.86. The van der Waals surface area contributed by atoms with E-state index in [1.54, 1.807) is 22.8 Å². The summed E-state index contributed by atoms with van der Waals surface area (Å²) in [6.07, 6.45) is 2.60. The summed E-state index contributed by atoms with van der Waals surface area (Å²) in [5, 5.41) is 9.34. The molecule has 196 valence electrons. The molecule has 3 aliphatic heterocycles. The Bertz CT molecular complexity index is 1030. The summed E-state index contributed by atoms with van der Waals surface area (Å²) in [6.45, 7) is 10.3. The number of aliphatic hydroxyl groups is 1. The lowest BCUT2D eigenvalue weighted by Gasteiger charge is -2.37. The van der Waals surface area contributed by atoms with Crippen LogP contribution in [0.2, 0.25) is 0 Å². The second-order valence-corrected chi connectivity index (χ2v) is 11.0. The molecule has 6 atom stereocenters. The van der Waals surface area contributed by atoms with E-state index < -0.39 is 35.6 Å². The van der Waals surface area contributed by atoms with Crippen LogP contribution in [0.4, 0.5) is 5.69 Å². The number of esters is 1. The number of carbonyl (C=O) groups is 3. The SMILES string of the molecule is C=CCN(C(=O)[C@H]1N(CCCCO)C(=O)[C@@H]2[C@@H](C(=O)OCC)[C@@H]3O[C@@]21CC3Br)c1c(C)cccc1C. The number of anilines is 1. The number of ether oxygens (including phenoxy) is 2. The van der Waals surface area contributed by atoms with Gasteiger partial charge in [-0.25, -0.2) is 0 Å². The maximum atomic E-state index is 14.5. The number of halogens is 1. The Hall–Kier alpha value is -2.23. The topological polar surface area (TPSA) is 96.4 Å². The molecule has 0 aromatic heterocycles. The largest absolute Gasteiger partial charge is 0.466 e. The van der Waals surface area contributed by atoms with Gasteiger partial charge in [0.05, 0.1) is 24.5 Å². The van der Waals surface area contributed by atoms with E-state index in [4.69, 9.17) is 9.47 Å². The van der Waals surface area contributed by atoms with Crippen molar-refractivity contribution >= 4 is 39.4 Å². The van der Waals surface area contributed by atoms with Crippen molar-refractivity contribution < 1.29 is 29.0 Å². The van der Waals surface area contributed by atoms with Crippen LogP contribution in [0.5, 0.6) is 0 Å². The Morgan fingerprint density at radius 3 is 2.64 bits per heavy atom. The van der Waals surface area contributed by atoms with E-state index in [-0.39, 0.29) is 36.4 Å². The summed E-state index contributed by atoms with van der Waals surface area (Å²) in [5.74, 6) is -2.54. The third-order valence-corrected chi connectivity index (χ3v) is 8.52. The lowest BCUT2D eigenvalue weighted by atomic mass is 9.70. The molecule has 3 aliphatic rings. The van der Waals surface area contributed by atoms with Gasteiger partial charge in [-0.3, -0.25) is 14.4 Å². The molecule has 3 heterocycles. The summed E-state index contributed by atoms with van der Waals surface area (Å²) in [7, 11) is 0. The fourth-order valence-electron chi connectivity index (χ4n) is 6.35. The minimum Gasteiger partial charge on any atom is -0.466 e. The monoisotopic (exact) mass is 562 g/mol. The molecular formula is C27H35BrN2O6. The Labute approximate surface area is 220 Å². The molecule has 0 radical (unpaired) electrons. The van der Waals surface area contributed by atoms with Gasteiger partial charge in [-0.1, -0.05) is 40.2 Å². The lowest BCUT2D eigenvalue weighted by molar-refractivity contribution is -0.154. The fraction of sp³-hybridized carbons (Fsp3) is 0.593. The van der Waals surface area contributed by atoms with E-state index >= 15 is 0 Å². The van der Waals surface area contributed by atoms with Crippen LogP contribution in [0.3, 0.4) is 0 Å². The van der Waals surface area contributed by atoms with Gasteiger partial charge in [0.1, 0.15) is 11.6 Å². The predicted molar refractivity (Wildman–Crippen MR) is 139 cm³/mol. The van der Waals surface area contributed by atoms with Crippen LogP contribution in [-0.4, -0.2) is 76.7 Å². The van der Waals surface area contributed by atoms with Crippen molar-refractivity contribution in [1.82, 2.24) is 4.90 Å². The van der Waals surface area contributed by atoms with Gasteiger partial charge in [0.25, 0.3) is 5.91 Å². The van der Waals surface area contributed by atoms with Crippen molar-refractivity contribution in [2.45, 2.75) is 62.6 Å². The van der Waals surface area contributed by atoms with Crippen molar-refractivity contribution in [2.75, 3.05) is 31.2 Å². The molecule has 1 aromatic carbocycles. The van der Waals surface area contributed by atoms with E-state index in [9.17, 15) is 19.5 Å². The second kappa shape index (κ2) is 10.6. The number of benzene rings is 1. The van der Waals surface area contributed by atoms with Crippen molar-refractivity contribution in [2.24, 2.45) is 11.8 Å². The van der Waals surface area contributed by atoms with Crippen LogP contribution >= 0.6 is 15.9 Å². The van der Waals surface area contributed by atoms with Crippen molar-refractivity contribution in [3.05, 3.63) is 42.0 Å². The zero-order valence-corrected chi connectivity index (χ0v) is 22.7. The number of carbonyl (C=O) groups excluding carboxylic acids is 3.